The van der Waals surface area contributed by atoms with Gasteiger partial charge in [0, 0.05) is 12.1 Å². The summed E-state index contributed by atoms with van der Waals surface area (Å²) in [4.78, 5) is 20.8. The molecule has 0 aliphatic carbocycles. The fourth-order valence-corrected chi connectivity index (χ4v) is 3.04. The maximum absolute atomic E-state index is 13.7. The summed E-state index contributed by atoms with van der Waals surface area (Å²) in [6.07, 6.45) is -2.73. The van der Waals surface area contributed by atoms with Crippen molar-refractivity contribution in [1.82, 2.24) is 14.5 Å². The second-order valence-electron chi connectivity index (χ2n) is 6.12. The number of alkyl halides is 3. The van der Waals surface area contributed by atoms with Crippen LogP contribution in [0.1, 0.15) is 18.9 Å². The predicted molar refractivity (Wildman–Crippen MR) is 94.3 cm³/mol. The third-order valence-corrected chi connectivity index (χ3v) is 4.26. The molecular weight excluding hydrogens is 359 g/mol. The van der Waals surface area contributed by atoms with Crippen LogP contribution in [-0.4, -0.2) is 14.5 Å². The van der Waals surface area contributed by atoms with Crippen LogP contribution in [0.15, 0.2) is 51.9 Å². The lowest BCUT2D eigenvalue weighted by atomic mass is 10.1. The van der Waals surface area contributed by atoms with Crippen molar-refractivity contribution in [1.29, 1.82) is 0 Å². The van der Waals surface area contributed by atoms with Crippen molar-refractivity contribution >= 4 is 22.2 Å². The van der Waals surface area contributed by atoms with Gasteiger partial charge in [0.25, 0.3) is 5.56 Å². The number of nitrogens with zero attached hydrogens (tertiary/aromatic N) is 3. The molecule has 4 aromatic rings. The minimum atomic E-state index is -4.65. The van der Waals surface area contributed by atoms with Gasteiger partial charge in [-0.05, 0) is 12.5 Å². The van der Waals surface area contributed by atoms with Crippen LogP contribution in [0.2, 0.25) is 0 Å². The van der Waals surface area contributed by atoms with E-state index in [0.29, 0.717) is 18.5 Å². The first kappa shape index (κ1) is 17.3. The summed E-state index contributed by atoms with van der Waals surface area (Å²) in [6, 6.07) is 9.45. The minimum Gasteiger partial charge on any atom is -0.430 e. The lowest BCUT2D eigenvalue weighted by Gasteiger charge is -2.10. The highest BCUT2D eigenvalue weighted by atomic mass is 19.4. The van der Waals surface area contributed by atoms with Gasteiger partial charge in [-0.2, -0.15) is 13.2 Å². The highest BCUT2D eigenvalue weighted by Crippen LogP contribution is 2.39. The van der Waals surface area contributed by atoms with Crippen LogP contribution in [0.3, 0.4) is 0 Å². The lowest BCUT2D eigenvalue weighted by Crippen LogP contribution is -2.19. The Bertz CT molecular complexity index is 1190. The van der Waals surface area contributed by atoms with Crippen LogP contribution in [0.5, 0.6) is 0 Å². The highest BCUT2D eigenvalue weighted by Gasteiger charge is 2.36. The number of benzene rings is 1. The van der Waals surface area contributed by atoms with Crippen molar-refractivity contribution < 1.29 is 17.6 Å². The molecule has 5 nitrogen and oxygen atoms in total. The third kappa shape index (κ3) is 2.87. The van der Waals surface area contributed by atoms with Crippen LogP contribution in [-0.2, 0) is 12.7 Å². The zero-order valence-corrected chi connectivity index (χ0v) is 14.2. The second-order valence-corrected chi connectivity index (χ2v) is 6.12. The Morgan fingerprint density at radius 2 is 1.93 bits per heavy atom. The van der Waals surface area contributed by atoms with E-state index in [-0.39, 0.29) is 27.9 Å². The molecule has 3 aromatic heterocycles. The van der Waals surface area contributed by atoms with E-state index in [1.165, 1.54) is 10.9 Å². The molecule has 0 aliphatic rings. The Balaban J connectivity index is 2.09. The quantitative estimate of drug-likeness (QED) is 0.525. The molecule has 1 aromatic carbocycles. The number of aryl methyl sites for hydroxylation is 1. The van der Waals surface area contributed by atoms with Crippen molar-refractivity contribution in [2.24, 2.45) is 0 Å². The summed E-state index contributed by atoms with van der Waals surface area (Å²) in [6.45, 7) is 2.28. The first-order valence-electron chi connectivity index (χ1n) is 8.35. The van der Waals surface area contributed by atoms with Gasteiger partial charge >= 0.3 is 6.18 Å². The van der Waals surface area contributed by atoms with Crippen molar-refractivity contribution in [3.05, 3.63) is 58.6 Å². The summed E-state index contributed by atoms with van der Waals surface area (Å²) in [7, 11) is 0. The molecule has 0 atom stereocenters. The van der Waals surface area contributed by atoms with Crippen LogP contribution in [0.25, 0.3) is 33.5 Å². The zero-order chi connectivity index (χ0) is 19.2. The lowest BCUT2D eigenvalue weighted by molar-refractivity contribution is -0.136. The number of fused-ring (bicyclic) bond motifs is 3. The van der Waals surface area contributed by atoms with Gasteiger partial charge in [0.2, 0.25) is 11.3 Å². The van der Waals surface area contributed by atoms with E-state index in [2.05, 4.69) is 9.97 Å². The van der Waals surface area contributed by atoms with E-state index in [4.69, 9.17) is 4.42 Å². The van der Waals surface area contributed by atoms with Gasteiger partial charge in [-0.15, -0.1) is 0 Å². The Morgan fingerprint density at radius 3 is 2.59 bits per heavy atom. The summed E-state index contributed by atoms with van der Waals surface area (Å²) < 4.78 is 48.0. The molecule has 0 fully saturated rings. The Labute approximate surface area is 151 Å². The number of hydrogen-bond acceptors (Lipinski definition) is 4. The SMILES string of the molecule is CCCn1cnc2c(oc3nc(-c4ccccc4)cc(C(F)(F)F)c32)c1=O. The zero-order valence-electron chi connectivity index (χ0n) is 14.2. The van der Waals surface area contributed by atoms with Crippen LogP contribution in [0, 0.1) is 0 Å². The number of pyridine rings is 1. The number of furan rings is 1. The van der Waals surface area contributed by atoms with E-state index >= 15 is 0 Å². The Morgan fingerprint density at radius 1 is 1.19 bits per heavy atom. The fourth-order valence-electron chi connectivity index (χ4n) is 3.04. The van der Waals surface area contributed by atoms with Crippen molar-refractivity contribution in [2.45, 2.75) is 26.1 Å². The molecule has 0 aliphatic heterocycles. The molecule has 4 rings (SSSR count). The average Bonchev–Trinajstić information content (AvgIpc) is 3.02. The molecule has 3 heterocycles. The second kappa shape index (κ2) is 6.22. The largest absolute Gasteiger partial charge is 0.430 e. The molecule has 0 unspecified atom stereocenters. The summed E-state index contributed by atoms with van der Waals surface area (Å²) in [5.74, 6) is 0. The third-order valence-electron chi connectivity index (χ3n) is 4.26. The Hall–Kier alpha value is -3.16. The minimum absolute atomic E-state index is 0.114. The van der Waals surface area contributed by atoms with E-state index in [1.807, 2.05) is 6.92 Å². The molecule has 0 amide bonds. The van der Waals surface area contributed by atoms with E-state index in [9.17, 15) is 18.0 Å². The summed E-state index contributed by atoms with van der Waals surface area (Å²) >= 11 is 0. The maximum Gasteiger partial charge on any atom is 0.417 e. The number of rotatable bonds is 3. The van der Waals surface area contributed by atoms with Crippen molar-refractivity contribution in [3.8, 4) is 11.3 Å². The van der Waals surface area contributed by atoms with Crippen molar-refractivity contribution in [2.75, 3.05) is 0 Å². The van der Waals surface area contributed by atoms with Crippen LogP contribution in [0.4, 0.5) is 13.2 Å². The fraction of sp³-hybridized carbons (Fsp3) is 0.211. The number of aromatic nitrogens is 3. The van der Waals surface area contributed by atoms with E-state index < -0.39 is 17.3 Å². The molecule has 0 bridgehead atoms. The molecule has 0 saturated carbocycles. The Kier molecular flexibility index (Phi) is 3.98. The summed E-state index contributed by atoms with van der Waals surface area (Å²) in [5.41, 5.74) is -1.41. The first-order chi connectivity index (χ1) is 12.9. The molecule has 0 N–H and O–H groups in total. The van der Waals surface area contributed by atoms with Gasteiger partial charge in [0.05, 0.1) is 23.0 Å². The van der Waals surface area contributed by atoms with Gasteiger partial charge in [-0.3, -0.25) is 9.36 Å². The van der Waals surface area contributed by atoms with Gasteiger partial charge in [0.15, 0.2) is 0 Å². The van der Waals surface area contributed by atoms with Crippen LogP contribution >= 0.6 is 0 Å². The van der Waals surface area contributed by atoms with Gasteiger partial charge < -0.3 is 4.42 Å². The van der Waals surface area contributed by atoms with Gasteiger partial charge in [-0.25, -0.2) is 9.97 Å². The number of hydrogen-bond donors (Lipinski definition) is 0. The van der Waals surface area contributed by atoms with E-state index in [1.54, 1.807) is 30.3 Å². The van der Waals surface area contributed by atoms with Gasteiger partial charge in [0.1, 0.15) is 5.52 Å². The monoisotopic (exact) mass is 373 g/mol. The topological polar surface area (TPSA) is 60.9 Å². The molecule has 138 valence electrons. The molecule has 27 heavy (non-hydrogen) atoms. The van der Waals surface area contributed by atoms with Crippen molar-refractivity contribution in [3.63, 3.8) is 0 Å². The molecular formula is C19H14F3N3O2. The normalized spacial score (nSPS) is 12.1. The average molecular weight is 373 g/mol. The first-order valence-corrected chi connectivity index (χ1v) is 8.35. The standard InChI is InChI=1S/C19H14F3N3O2/c1-2-8-25-10-23-15-14-12(19(20,21)22)9-13(11-6-4-3-5-7-11)24-17(14)27-16(15)18(25)26/h3-7,9-10H,2,8H2,1H3. The molecule has 0 spiro atoms. The summed E-state index contributed by atoms with van der Waals surface area (Å²) in [5, 5.41) is -0.294. The molecule has 0 saturated heterocycles. The smallest absolute Gasteiger partial charge is 0.417 e. The van der Waals surface area contributed by atoms with E-state index in [0.717, 1.165) is 6.07 Å². The highest BCUT2D eigenvalue weighted by molar-refractivity contribution is 6.03. The molecule has 8 heteroatoms. The predicted octanol–water partition coefficient (Wildman–Crippen LogP) is 4.63. The van der Waals surface area contributed by atoms with Crippen LogP contribution < -0.4 is 5.56 Å². The maximum atomic E-state index is 13.7. The number of halogens is 3. The van der Waals surface area contributed by atoms with Gasteiger partial charge in [-0.1, -0.05) is 37.3 Å². The molecule has 0 radical (unpaired) electrons.